The highest BCUT2D eigenvalue weighted by molar-refractivity contribution is 8.15. The molecule has 1 fully saturated rings. The number of hydrogen-bond acceptors (Lipinski definition) is 6. The Morgan fingerprint density at radius 3 is 2.53 bits per heavy atom. The molecule has 1 aliphatic rings. The van der Waals surface area contributed by atoms with E-state index in [1.165, 1.54) is 16.7 Å². The number of anilines is 2. The molecule has 8 heteroatoms. The first kappa shape index (κ1) is 21.9. The minimum Gasteiger partial charge on any atom is -0.462 e. The summed E-state index contributed by atoms with van der Waals surface area (Å²) in [5.74, 6) is -0.617. The molecule has 3 rings (SSSR count). The molecule has 0 aliphatic carbocycles. The number of hydrogen-bond donors (Lipinski definition) is 2. The van der Waals surface area contributed by atoms with E-state index in [1.807, 2.05) is 37.3 Å². The Kier molecular flexibility index (Phi) is 7.48. The highest BCUT2D eigenvalue weighted by atomic mass is 32.2. The fourth-order valence-corrected chi connectivity index (χ4v) is 4.23. The normalized spacial score (nSPS) is 19.1. The number of para-hydroxylation sites is 1. The van der Waals surface area contributed by atoms with Gasteiger partial charge in [0, 0.05) is 24.3 Å². The molecule has 1 aliphatic heterocycles. The smallest absolute Gasteiger partial charge is 0.338 e. The van der Waals surface area contributed by atoms with Gasteiger partial charge in [0.25, 0.3) is 0 Å². The number of carbonyl (C=O) groups is 2. The van der Waals surface area contributed by atoms with Crippen molar-refractivity contribution >= 4 is 40.2 Å². The summed E-state index contributed by atoms with van der Waals surface area (Å²) in [5.41, 5.74) is 1.82. The summed E-state index contributed by atoms with van der Waals surface area (Å²) < 4.78 is 4.98. The summed E-state index contributed by atoms with van der Waals surface area (Å²) in [6.07, 6.45) is -0.662. The van der Waals surface area contributed by atoms with Crippen LogP contribution in [0.5, 0.6) is 0 Å². The lowest BCUT2D eigenvalue weighted by Gasteiger charge is -2.21. The molecule has 0 saturated carbocycles. The topological polar surface area (TPSA) is 91.2 Å². The van der Waals surface area contributed by atoms with Crippen LogP contribution in [-0.2, 0) is 9.53 Å². The third-order valence-electron chi connectivity index (χ3n) is 4.47. The number of amidine groups is 1. The summed E-state index contributed by atoms with van der Waals surface area (Å²) in [7, 11) is 0. The summed E-state index contributed by atoms with van der Waals surface area (Å²) in [4.78, 5) is 30.6. The zero-order chi connectivity index (χ0) is 21.5. The molecule has 1 amide bonds. The Morgan fingerprint density at radius 1 is 1.20 bits per heavy atom. The van der Waals surface area contributed by atoms with Crippen LogP contribution in [0.25, 0.3) is 0 Å². The number of carbonyl (C=O) groups excluding carboxylic acids is 2. The summed E-state index contributed by atoms with van der Waals surface area (Å²) in [6, 6.07) is 16.1. The van der Waals surface area contributed by atoms with Crippen LogP contribution in [0.4, 0.5) is 11.4 Å². The number of ether oxygens (including phenoxy) is 1. The number of amides is 1. The number of aliphatic imine (C=N–C) groups is 1. The van der Waals surface area contributed by atoms with E-state index < -0.39 is 17.4 Å². The van der Waals surface area contributed by atoms with Crippen molar-refractivity contribution in [3.8, 4) is 0 Å². The SMILES string of the molecule is CCN=C(Nc1ccccc1)SC1CC(O)N(c2ccc(C(=O)OCC)cc2)C1=O. The second-order valence-electron chi connectivity index (χ2n) is 6.57. The third kappa shape index (κ3) is 5.20. The highest BCUT2D eigenvalue weighted by Crippen LogP contribution is 2.33. The molecule has 2 aromatic rings. The van der Waals surface area contributed by atoms with Crippen LogP contribution in [0, 0.1) is 0 Å². The Bertz CT molecular complexity index is 902. The number of aliphatic hydroxyl groups is 1. The van der Waals surface area contributed by atoms with Crippen LogP contribution in [0.1, 0.15) is 30.6 Å². The molecule has 158 valence electrons. The Morgan fingerprint density at radius 2 is 1.90 bits per heavy atom. The second kappa shape index (κ2) is 10.3. The lowest BCUT2D eigenvalue weighted by molar-refractivity contribution is -0.117. The van der Waals surface area contributed by atoms with E-state index >= 15 is 0 Å². The number of aliphatic hydroxyl groups excluding tert-OH is 1. The van der Waals surface area contributed by atoms with Gasteiger partial charge in [-0.15, -0.1) is 0 Å². The predicted molar refractivity (Wildman–Crippen MR) is 120 cm³/mol. The number of benzene rings is 2. The van der Waals surface area contributed by atoms with Crippen molar-refractivity contribution in [2.24, 2.45) is 4.99 Å². The molecule has 2 unspecified atom stereocenters. The molecule has 1 heterocycles. The molecular formula is C22H25N3O4S. The van der Waals surface area contributed by atoms with Gasteiger partial charge in [-0.2, -0.15) is 0 Å². The van der Waals surface area contributed by atoms with Crippen molar-refractivity contribution < 1.29 is 19.4 Å². The van der Waals surface area contributed by atoms with Crippen molar-refractivity contribution in [2.75, 3.05) is 23.4 Å². The fraction of sp³-hybridized carbons (Fsp3) is 0.318. The fourth-order valence-electron chi connectivity index (χ4n) is 3.10. The van der Waals surface area contributed by atoms with Crippen LogP contribution in [0.2, 0.25) is 0 Å². The van der Waals surface area contributed by atoms with Crippen molar-refractivity contribution in [2.45, 2.75) is 31.7 Å². The van der Waals surface area contributed by atoms with Crippen molar-refractivity contribution in [3.05, 3.63) is 60.2 Å². The van der Waals surface area contributed by atoms with Crippen LogP contribution in [0.15, 0.2) is 59.6 Å². The van der Waals surface area contributed by atoms with Crippen molar-refractivity contribution in [1.29, 1.82) is 0 Å². The molecule has 0 aromatic heterocycles. The van der Waals surface area contributed by atoms with E-state index in [0.717, 1.165) is 5.69 Å². The van der Waals surface area contributed by atoms with Gasteiger partial charge in [-0.05, 0) is 50.2 Å². The monoisotopic (exact) mass is 427 g/mol. The molecule has 0 bridgehead atoms. The minimum atomic E-state index is -0.942. The van der Waals surface area contributed by atoms with Gasteiger partial charge in [0.05, 0.1) is 17.4 Å². The standard InChI is InChI=1S/C22H25N3O4S/c1-3-23-22(24-16-8-6-5-7-9-16)30-18-14-19(26)25(20(18)27)17-12-10-15(11-13-17)21(28)29-4-2/h5-13,18-19,26H,3-4,14H2,1-2H3,(H,23,24). The van der Waals surface area contributed by atoms with Gasteiger partial charge in [0.1, 0.15) is 6.23 Å². The summed E-state index contributed by atoms with van der Waals surface area (Å²) in [5, 5.41) is 13.9. The summed E-state index contributed by atoms with van der Waals surface area (Å²) in [6.45, 7) is 4.54. The van der Waals surface area contributed by atoms with Gasteiger partial charge < -0.3 is 15.2 Å². The molecule has 0 radical (unpaired) electrons. The quantitative estimate of drug-likeness (QED) is 0.417. The first-order valence-corrected chi connectivity index (χ1v) is 10.7. The maximum atomic E-state index is 13.0. The predicted octanol–water partition coefficient (Wildman–Crippen LogP) is 3.51. The second-order valence-corrected chi connectivity index (χ2v) is 7.76. The van der Waals surface area contributed by atoms with Gasteiger partial charge in [0.2, 0.25) is 5.91 Å². The van der Waals surface area contributed by atoms with Gasteiger partial charge in [-0.1, -0.05) is 30.0 Å². The van der Waals surface area contributed by atoms with Gasteiger partial charge in [-0.25, -0.2) is 4.79 Å². The zero-order valence-corrected chi connectivity index (χ0v) is 17.8. The Labute approximate surface area is 180 Å². The highest BCUT2D eigenvalue weighted by Gasteiger charge is 2.40. The summed E-state index contributed by atoms with van der Waals surface area (Å²) >= 11 is 1.31. The molecule has 0 spiro atoms. The van der Waals surface area contributed by atoms with E-state index in [4.69, 9.17) is 4.74 Å². The van der Waals surface area contributed by atoms with E-state index in [0.29, 0.717) is 29.6 Å². The van der Waals surface area contributed by atoms with Crippen molar-refractivity contribution in [1.82, 2.24) is 0 Å². The minimum absolute atomic E-state index is 0.199. The van der Waals surface area contributed by atoms with Crippen LogP contribution < -0.4 is 10.2 Å². The van der Waals surface area contributed by atoms with E-state index in [-0.39, 0.29) is 12.3 Å². The number of rotatable bonds is 6. The van der Waals surface area contributed by atoms with Crippen LogP contribution in [0.3, 0.4) is 0 Å². The maximum Gasteiger partial charge on any atom is 0.338 e. The maximum absolute atomic E-state index is 13.0. The van der Waals surface area contributed by atoms with Gasteiger partial charge in [0.15, 0.2) is 5.17 Å². The first-order valence-electron chi connectivity index (χ1n) is 9.85. The average Bonchev–Trinajstić information content (AvgIpc) is 3.02. The van der Waals surface area contributed by atoms with Crippen molar-refractivity contribution in [3.63, 3.8) is 0 Å². The van der Waals surface area contributed by atoms with Crippen LogP contribution in [-0.4, -0.2) is 46.8 Å². The Balaban J connectivity index is 1.71. The number of esters is 1. The van der Waals surface area contributed by atoms with Crippen LogP contribution >= 0.6 is 11.8 Å². The lowest BCUT2D eigenvalue weighted by atomic mass is 10.2. The third-order valence-corrected chi connectivity index (χ3v) is 5.61. The number of nitrogens with zero attached hydrogens (tertiary/aromatic N) is 2. The van der Waals surface area contributed by atoms with E-state index in [2.05, 4.69) is 10.3 Å². The van der Waals surface area contributed by atoms with E-state index in [1.54, 1.807) is 31.2 Å². The Hall–Kier alpha value is -2.84. The molecule has 2 aromatic carbocycles. The zero-order valence-electron chi connectivity index (χ0n) is 16.9. The lowest BCUT2D eigenvalue weighted by Crippen LogP contribution is -2.34. The number of thioether (sulfide) groups is 1. The van der Waals surface area contributed by atoms with Gasteiger partial charge in [-0.3, -0.25) is 14.7 Å². The molecule has 7 nitrogen and oxygen atoms in total. The molecule has 2 N–H and O–H groups in total. The molecular weight excluding hydrogens is 402 g/mol. The largest absolute Gasteiger partial charge is 0.462 e. The average molecular weight is 428 g/mol. The molecule has 30 heavy (non-hydrogen) atoms. The van der Waals surface area contributed by atoms with E-state index in [9.17, 15) is 14.7 Å². The molecule has 1 saturated heterocycles. The molecule has 2 atom stereocenters. The number of nitrogens with one attached hydrogen (secondary N) is 1. The first-order chi connectivity index (χ1) is 14.5. The van der Waals surface area contributed by atoms with Gasteiger partial charge >= 0.3 is 5.97 Å².